The zero-order valence-corrected chi connectivity index (χ0v) is 13.6. The van der Waals surface area contributed by atoms with E-state index in [4.69, 9.17) is 10.8 Å². The molecule has 0 radical (unpaired) electrons. The molecule has 0 spiro atoms. The normalized spacial score (nSPS) is 8.48. The van der Waals surface area contributed by atoms with Crippen LogP contribution in [0.5, 0.6) is 0 Å². The first kappa shape index (κ1) is 21.9. The van der Waals surface area contributed by atoms with Gasteiger partial charge in [0, 0.05) is 23.5 Å². The maximum absolute atomic E-state index is 9.87. The van der Waals surface area contributed by atoms with Gasteiger partial charge in [-0.15, -0.1) is 5.56 Å². The first-order valence-electron chi connectivity index (χ1n) is 6.99. The fourth-order valence-corrected chi connectivity index (χ4v) is 1.40. The smallest absolute Gasteiger partial charge is 0.303 e. The molecule has 0 heterocycles. The van der Waals surface area contributed by atoms with Gasteiger partial charge in [-0.05, 0) is 13.0 Å². The van der Waals surface area contributed by atoms with Gasteiger partial charge >= 0.3 is 5.97 Å². The van der Waals surface area contributed by atoms with Crippen LogP contribution in [0.1, 0.15) is 38.2 Å². The van der Waals surface area contributed by atoms with Crippen molar-refractivity contribution < 1.29 is 27.0 Å². The van der Waals surface area contributed by atoms with Crippen molar-refractivity contribution >= 4 is 5.97 Å². The molecule has 3 nitrogen and oxygen atoms in total. The van der Waals surface area contributed by atoms with Crippen molar-refractivity contribution in [3.8, 4) is 0 Å². The van der Waals surface area contributed by atoms with Crippen LogP contribution in [0.4, 0.5) is 0 Å². The second-order valence-corrected chi connectivity index (χ2v) is 4.31. The number of carboxylic acid groups (broad SMARTS) is 1. The summed E-state index contributed by atoms with van der Waals surface area (Å²) < 4.78 is 0. The van der Waals surface area contributed by atoms with Crippen LogP contribution in [-0.2, 0) is 28.4 Å². The Bertz CT molecular complexity index is 379. The number of aliphatic carboxylic acids is 1. The summed E-state index contributed by atoms with van der Waals surface area (Å²) in [5.74, 6) is -0.682. The summed E-state index contributed by atoms with van der Waals surface area (Å²) in [5, 5.41) is 8.14. The molecular formula is C17H25FeNO2-6. The summed E-state index contributed by atoms with van der Waals surface area (Å²) >= 11 is 0. The Kier molecular flexibility index (Phi) is 17.5. The predicted octanol–water partition coefficient (Wildman–Crippen LogP) is 3.92. The molecule has 2 rings (SSSR count). The zero-order valence-electron chi connectivity index (χ0n) is 12.5. The number of hydrogen-bond donors (Lipinski definition) is 2. The van der Waals surface area contributed by atoms with Gasteiger partial charge in [0.1, 0.15) is 0 Å². The number of hydrogen-bond acceptors (Lipinski definition) is 2. The van der Waals surface area contributed by atoms with Crippen molar-refractivity contribution in [3.05, 3.63) is 60.2 Å². The molecule has 0 fully saturated rings. The van der Waals surface area contributed by atoms with Gasteiger partial charge in [-0.3, -0.25) is 4.79 Å². The number of nitrogens with two attached hydrogens (primary N) is 1. The maximum atomic E-state index is 9.87. The van der Waals surface area contributed by atoms with Gasteiger partial charge in [0.25, 0.3) is 0 Å². The van der Waals surface area contributed by atoms with E-state index < -0.39 is 5.97 Å². The van der Waals surface area contributed by atoms with Gasteiger partial charge in [0.15, 0.2) is 0 Å². The monoisotopic (exact) mass is 331 g/mol. The molecular weight excluding hydrogens is 306 g/mol. The van der Waals surface area contributed by atoms with E-state index in [0.717, 1.165) is 19.3 Å². The average Bonchev–Trinajstić information content (AvgIpc) is 3.15. The van der Waals surface area contributed by atoms with Gasteiger partial charge in [-0.1, -0.05) is 19.8 Å². The van der Waals surface area contributed by atoms with E-state index in [9.17, 15) is 4.79 Å². The molecule has 4 heteroatoms. The first-order valence-corrected chi connectivity index (χ1v) is 6.99. The van der Waals surface area contributed by atoms with Crippen LogP contribution in [0.2, 0.25) is 0 Å². The Morgan fingerprint density at radius 2 is 1.57 bits per heavy atom. The molecule has 0 aliphatic rings. The van der Waals surface area contributed by atoms with E-state index in [1.165, 1.54) is 5.56 Å². The number of carboxylic acids is 1. The Morgan fingerprint density at radius 3 is 1.86 bits per heavy atom. The third kappa shape index (κ3) is 16.6. The number of unbranched alkanes of at least 4 members (excludes halogenated alkanes) is 2. The quantitative estimate of drug-likeness (QED) is 0.496. The summed E-state index contributed by atoms with van der Waals surface area (Å²) in [7, 11) is 0. The van der Waals surface area contributed by atoms with Crippen LogP contribution in [-0.4, -0.2) is 11.1 Å². The standard InChI is InChI=1S/C6H8N.C6H12O2.C5H5.Fe/c7-5-6-3-1-2-4-6;1-2-3-4-5-6(7)8;1-2-4-5-3-1;/h1-4H,5,7H2;2-5H2,1H3,(H,7,8);1-5H;/q-1;;-5;. The van der Waals surface area contributed by atoms with Gasteiger partial charge in [-0.25, -0.2) is 12.1 Å². The van der Waals surface area contributed by atoms with Crippen molar-refractivity contribution in [1.29, 1.82) is 0 Å². The molecule has 0 saturated heterocycles. The number of rotatable bonds is 5. The minimum atomic E-state index is -0.682. The third-order valence-electron chi connectivity index (χ3n) is 2.52. The van der Waals surface area contributed by atoms with E-state index >= 15 is 0 Å². The van der Waals surface area contributed by atoms with Crippen molar-refractivity contribution in [2.45, 2.75) is 39.2 Å². The molecule has 0 unspecified atom stereocenters. The van der Waals surface area contributed by atoms with Crippen molar-refractivity contribution in [1.82, 2.24) is 0 Å². The molecule has 0 atom stereocenters. The van der Waals surface area contributed by atoms with Crippen molar-refractivity contribution in [2.24, 2.45) is 5.73 Å². The third-order valence-corrected chi connectivity index (χ3v) is 2.52. The van der Waals surface area contributed by atoms with Crippen LogP contribution in [0, 0.1) is 0 Å². The van der Waals surface area contributed by atoms with E-state index in [1.807, 2.05) is 54.6 Å². The summed E-state index contributed by atoms with van der Waals surface area (Å²) in [6.07, 6.45) is 3.28. The van der Waals surface area contributed by atoms with E-state index in [2.05, 4.69) is 6.92 Å². The van der Waals surface area contributed by atoms with Crippen LogP contribution in [0.15, 0.2) is 54.6 Å². The summed E-state index contributed by atoms with van der Waals surface area (Å²) in [6.45, 7) is 2.72. The molecule has 0 aromatic heterocycles. The molecule has 124 valence electrons. The fraction of sp³-hybridized carbons (Fsp3) is 0.353. The molecule has 2 aromatic carbocycles. The molecule has 21 heavy (non-hydrogen) atoms. The number of carbonyl (C=O) groups is 1. The summed E-state index contributed by atoms with van der Waals surface area (Å²) in [5.41, 5.74) is 6.50. The van der Waals surface area contributed by atoms with Crippen LogP contribution in [0.3, 0.4) is 0 Å². The predicted molar refractivity (Wildman–Crippen MR) is 83.7 cm³/mol. The zero-order chi connectivity index (χ0) is 15.1. The van der Waals surface area contributed by atoms with E-state index in [1.54, 1.807) is 0 Å². The molecule has 0 aliphatic heterocycles. The minimum absolute atomic E-state index is 0. The largest absolute Gasteiger partial charge is 0.748 e. The first-order chi connectivity index (χ1) is 9.70. The van der Waals surface area contributed by atoms with Crippen LogP contribution >= 0.6 is 0 Å². The Labute approximate surface area is 138 Å². The topological polar surface area (TPSA) is 63.3 Å². The molecule has 0 saturated carbocycles. The Hall–Kier alpha value is -1.35. The summed E-state index contributed by atoms with van der Waals surface area (Å²) in [6, 6.07) is 18.0. The Balaban J connectivity index is 0. The van der Waals surface area contributed by atoms with Crippen molar-refractivity contribution in [2.75, 3.05) is 0 Å². The molecule has 2 aromatic rings. The van der Waals surface area contributed by atoms with E-state index in [0.29, 0.717) is 13.0 Å². The minimum Gasteiger partial charge on any atom is -0.748 e. The second-order valence-electron chi connectivity index (χ2n) is 4.31. The molecule has 0 aliphatic carbocycles. The SMILES string of the molecule is CCCCCC(=O)O.NC[c-]1cccc1.[Fe].[cH-]1[cH-][cH-][cH-][cH-]1. The Morgan fingerprint density at radius 1 is 1.10 bits per heavy atom. The van der Waals surface area contributed by atoms with Gasteiger partial charge in [-0.2, -0.15) is 12.1 Å². The fourth-order valence-electron chi connectivity index (χ4n) is 1.40. The molecule has 0 amide bonds. The van der Waals surface area contributed by atoms with E-state index in [-0.39, 0.29) is 17.1 Å². The van der Waals surface area contributed by atoms with Gasteiger partial charge < -0.3 is 41.2 Å². The second kappa shape index (κ2) is 16.7. The van der Waals surface area contributed by atoms with Crippen LogP contribution in [0.25, 0.3) is 0 Å². The van der Waals surface area contributed by atoms with Gasteiger partial charge in [0.05, 0.1) is 0 Å². The molecule has 0 bridgehead atoms. The van der Waals surface area contributed by atoms with Crippen molar-refractivity contribution in [3.63, 3.8) is 0 Å². The average molecular weight is 331 g/mol. The summed E-state index contributed by atoms with van der Waals surface area (Å²) in [4.78, 5) is 9.87. The molecule has 3 N–H and O–H groups in total. The maximum Gasteiger partial charge on any atom is 0.303 e. The van der Waals surface area contributed by atoms with Gasteiger partial charge in [0.2, 0.25) is 0 Å². The van der Waals surface area contributed by atoms with Crippen LogP contribution < -0.4 is 5.73 Å².